The normalized spacial score (nSPS) is 12.0. The molecule has 1 aliphatic heterocycles. The fourth-order valence-electron chi connectivity index (χ4n) is 0.934. The molecule has 7 heteroatoms. The number of ether oxygens (including phenoxy) is 1. The van der Waals surface area contributed by atoms with Crippen LogP contribution in [0.2, 0.25) is 0 Å². The largest absolute Gasteiger partial charge is 0.387 e. The Kier molecular flexibility index (Phi) is 17.1. The van der Waals surface area contributed by atoms with Gasteiger partial charge in [-0.25, -0.2) is 9.59 Å². The van der Waals surface area contributed by atoms with Crippen LogP contribution in [0.25, 0.3) is 0 Å². The molecule has 0 bridgehead atoms. The van der Waals surface area contributed by atoms with Crippen LogP contribution in [0.1, 0.15) is 13.8 Å². The van der Waals surface area contributed by atoms with Gasteiger partial charge < -0.3 is 26.8 Å². The number of carbonyl (C=O) groups excluding carboxylic acids is 2. The van der Waals surface area contributed by atoms with Crippen molar-refractivity contribution in [3.63, 3.8) is 0 Å². The second-order valence-electron chi connectivity index (χ2n) is 4.36. The van der Waals surface area contributed by atoms with E-state index in [1.807, 2.05) is 13.8 Å². The first-order valence-corrected chi connectivity index (χ1v) is 6.81. The van der Waals surface area contributed by atoms with Crippen LogP contribution in [-0.4, -0.2) is 51.2 Å². The van der Waals surface area contributed by atoms with E-state index in [1.54, 1.807) is 0 Å². The first-order chi connectivity index (χ1) is 9.93. The smallest absolute Gasteiger partial charge is 0.338 e. The molecule has 0 amide bonds. The maximum atomic E-state index is 9.92. The molecule has 1 aliphatic rings. The molecular formula is C14H28N4O3. The highest BCUT2D eigenvalue weighted by Crippen LogP contribution is 1.92. The number of cyclic esters (lactones) is 2. The molecular weight excluding hydrogens is 272 g/mol. The summed E-state index contributed by atoms with van der Waals surface area (Å²) >= 11 is 0. The van der Waals surface area contributed by atoms with Gasteiger partial charge in [-0.2, -0.15) is 0 Å². The molecule has 6 N–H and O–H groups in total. The Morgan fingerprint density at radius 2 is 1.33 bits per heavy atom. The van der Waals surface area contributed by atoms with Crippen molar-refractivity contribution in [2.45, 2.75) is 13.8 Å². The van der Waals surface area contributed by atoms with Crippen LogP contribution in [-0.2, 0) is 14.3 Å². The van der Waals surface area contributed by atoms with Gasteiger partial charge in [0.05, 0.1) is 0 Å². The summed E-state index contributed by atoms with van der Waals surface area (Å²) in [6.07, 6.45) is 2.17. The second kappa shape index (κ2) is 16.5. The summed E-state index contributed by atoms with van der Waals surface area (Å²) in [5.74, 6) is -1.16. The van der Waals surface area contributed by atoms with Gasteiger partial charge in [-0.1, -0.05) is 5.57 Å². The molecule has 1 heterocycles. The summed E-state index contributed by atoms with van der Waals surface area (Å²) < 4.78 is 3.97. The third-order valence-electron chi connectivity index (χ3n) is 1.68. The van der Waals surface area contributed by atoms with Crippen molar-refractivity contribution < 1.29 is 14.3 Å². The summed E-state index contributed by atoms with van der Waals surface area (Å²) in [6, 6.07) is 0. The third-order valence-corrected chi connectivity index (χ3v) is 1.68. The summed E-state index contributed by atoms with van der Waals surface area (Å²) in [5, 5.41) is 6.33. The fourth-order valence-corrected chi connectivity index (χ4v) is 0.934. The van der Waals surface area contributed by atoms with Gasteiger partial charge in [0.1, 0.15) is 0 Å². The van der Waals surface area contributed by atoms with Crippen molar-refractivity contribution in [2.24, 2.45) is 11.5 Å². The van der Waals surface area contributed by atoms with Crippen LogP contribution >= 0.6 is 0 Å². The summed E-state index contributed by atoms with van der Waals surface area (Å²) in [5.41, 5.74) is 11.7. The van der Waals surface area contributed by atoms with Crippen molar-refractivity contribution in [3.8, 4) is 0 Å². The number of allylic oxidation sites excluding steroid dienone is 1. The van der Waals surface area contributed by atoms with Crippen LogP contribution < -0.4 is 22.1 Å². The Morgan fingerprint density at radius 1 is 1.00 bits per heavy atom. The number of nitrogens with two attached hydrogens (primary N) is 2. The first kappa shape index (κ1) is 21.8. The number of rotatable bonds is 7. The number of hydrogen-bond donors (Lipinski definition) is 4. The van der Waals surface area contributed by atoms with E-state index < -0.39 is 11.9 Å². The molecule has 21 heavy (non-hydrogen) atoms. The van der Waals surface area contributed by atoms with E-state index in [4.69, 9.17) is 11.5 Å². The maximum Gasteiger partial charge on any atom is 0.338 e. The van der Waals surface area contributed by atoms with E-state index in [0.29, 0.717) is 13.1 Å². The van der Waals surface area contributed by atoms with Gasteiger partial charge in [0, 0.05) is 51.4 Å². The zero-order valence-corrected chi connectivity index (χ0v) is 13.0. The van der Waals surface area contributed by atoms with Crippen LogP contribution in [0.15, 0.2) is 24.3 Å². The van der Waals surface area contributed by atoms with Crippen molar-refractivity contribution in [1.82, 2.24) is 10.6 Å². The van der Waals surface area contributed by atoms with Crippen molar-refractivity contribution >= 4 is 11.9 Å². The minimum absolute atomic E-state index is 0.579. The lowest BCUT2D eigenvalue weighted by Crippen LogP contribution is -2.32. The van der Waals surface area contributed by atoms with Crippen molar-refractivity contribution in [3.05, 3.63) is 24.3 Å². The predicted molar refractivity (Wildman–Crippen MR) is 84.6 cm³/mol. The quantitative estimate of drug-likeness (QED) is 0.212. The summed E-state index contributed by atoms with van der Waals surface area (Å²) in [7, 11) is 0. The van der Waals surface area contributed by atoms with Gasteiger partial charge in [-0.15, -0.1) is 6.58 Å². The van der Waals surface area contributed by atoms with E-state index in [9.17, 15) is 9.59 Å². The highest BCUT2D eigenvalue weighted by molar-refractivity contribution is 6.04. The molecule has 0 fully saturated rings. The standard InChI is InChI=1S/C6H18N4.C4H2O3.C4H8/c7-1-3-9-5-6-10-4-2-8;5-3-1-2-4(6)7-3;1-4(2)3/h9-10H,1-8H2;1-2H;1H2,2-3H3. The molecule has 0 unspecified atom stereocenters. The van der Waals surface area contributed by atoms with E-state index in [1.165, 1.54) is 5.57 Å². The van der Waals surface area contributed by atoms with Crippen LogP contribution in [0.3, 0.4) is 0 Å². The Labute approximate surface area is 126 Å². The SMILES string of the molecule is C=C(C)C.NCCNCCNCCN.O=C1C=CC(=O)O1. The molecule has 1 rings (SSSR count). The minimum atomic E-state index is -0.579. The van der Waals surface area contributed by atoms with E-state index in [-0.39, 0.29) is 0 Å². The van der Waals surface area contributed by atoms with Gasteiger partial charge in [-0.05, 0) is 13.8 Å². The molecule has 122 valence electrons. The lowest BCUT2D eigenvalue weighted by Gasteiger charge is -2.03. The molecule has 0 aromatic heterocycles. The topological polar surface area (TPSA) is 119 Å². The van der Waals surface area contributed by atoms with E-state index in [0.717, 1.165) is 38.3 Å². The van der Waals surface area contributed by atoms with Gasteiger partial charge >= 0.3 is 11.9 Å². The van der Waals surface area contributed by atoms with Crippen LogP contribution in [0, 0.1) is 0 Å². The Morgan fingerprint density at radius 3 is 1.52 bits per heavy atom. The molecule has 0 saturated heterocycles. The van der Waals surface area contributed by atoms with Gasteiger partial charge in [-0.3, -0.25) is 0 Å². The molecule has 0 aliphatic carbocycles. The van der Waals surface area contributed by atoms with Crippen molar-refractivity contribution in [2.75, 3.05) is 39.3 Å². The minimum Gasteiger partial charge on any atom is -0.387 e. The molecule has 0 radical (unpaired) electrons. The first-order valence-electron chi connectivity index (χ1n) is 6.81. The zero-order valence-electron chi connectivity index (χ0n) is 13.0. The second-order valence-corrected chi connectivity index (χ2v) is 4.36. The molecule has 0 spiro atoms. The Hall–Kier alpha value is -1.54. The highest BCUT2D eigenvalue weighted by Gasteiger charge is 2.10. The number of carbonyl (C=O) groups is 2. The Balaban J connectivity index is 0. The number of esters is 2. The predicted octanol–water partition coefficient (Wildman–Crippen LogP) is -0.709. The molecule has 0 aromatic carbocycles. The average molecular weight is 300 g/mol. The molecule has 7 nitrogen and oxygen atoms in total. The zero-order chi connectivity index (χ0) is 16.5. The average Bonchev–Trinajstić information content (AvgIpc) is 2.78. The third kappa shape index (κ3) is 23.9. The van der Waals surface area contributed by atoms with E-state index in [2.05, 4.69) is 21.9 Å². The van der Waals surface area contributed by atoms with Gasteiger partial charge in [0.25, 0.3) is 0 Å². The van der Waals surface area contributed by atoms with Gasteiger partial charge in [0.15, 0.2) is 0 Å². The van der Waals surface area contributed by atoms with Crippen LogP contribution in [0.4, 0.5) is 0 Å². The van der Waals surface area contributed by atoms with Crippen molar-refractivity contribution in [1.29, 1.82) is 0 Å². The molecule has 0 saturated carbocycles. The fraction of sp³-hybridized carbons (Fsp3) is 0.571. The summed E-state index contributed by atoms with van der Waals surface area (Å²) in [4.78, 5) is 19.8. The highest BCUT2D eigenvalue weighted by atomic mass is 16.6. The monoisotopic (exact) mass is 300 g/mol. The van der Waals surface area contributed by atoms with E-state index >= 15 is 0 Å². The number of nitrogens with one attached hydrogen (secondary N) is 2. The number of hydrogen-bond acceptors (Lipinski definition) is 7. The molecule has 0 atom stereocenters. The maximum absolute atomic E-state index is 9.92. The summed E-state index contributed by atoms with van der Waals surface area (Å²) in [6.45, 7) is 12.6. The Bertz CT molecular complexity index is 302. The lowest BCUT2D eigenvalue weighted by atomic mass is 10.4. The lowest BCUT2D eigenvalue weighted by molar-refractivity contribution is -0.150. The van der Waals surface area contributed by atoms with Crippen LogP contribution in [0.5, 0.6) is 0 Å². The van der Waals surface area contributed by atoms with Gasteiger partial charge in [0.2, 0.25) is 0 Å². The molecule has 0 aromatic rings.